The van der Waals surface area contributed by atoms with Crippen LogP contribution < -0.4 is 5.32 Å². The predicted molar refractivity (Wildman–Crippen MR) is 104 cm³/mol. The molecule has 154 valence electrons. The number of nitrogens with zero attached hydrogens (tertiary/aromatic N) is 1. The maximum atomic E-state index is 12.9. The highest BCUT2D eigenvalue weighted by atomic mass is 35.5. The van der Waals surface area contributed by atoms with Crippen molar-refractivity contribution in [2.24, 2.45) is 11.8 Å². The van der Waals surface area contributed by atoms with E-state index in [0.29, 0.717) is 12.3 Å². The number of alkyl halides is 3. The lowest BCUT2D eigenvalue weighted by molar-refractivity contribution is -0.161. The molecule has 1 amide bonds. The summed E-state index contributed by atoms with van der Waals surface area (Å²) in [6.45, 7) is 4.68. The molecule has 1 aromatic rings. The van der Waals surface area contributed by atoms with Crippen molar-refractivity contribution in [2.75, 3.05) is 26.2 Å². The van der Waals surface area contributed by atoms with Crippen LogP contribution in [0, 0.1) is 18.8 Å². The van der Waals surface area contributed by atoms with Crippen LogP contribution in [-0.2, 0) is 11.2 Å². The maximum absolute atomic E-state index is 12.9. The Morgan fingerprint density at radius 3 is 2.52 bits per heavy atom. The van der Waals surface area contributed by atoms with Gasteiger partial charge in [0.05, 0.1) is 0 Å². The Kier molecular flexibility index (Phi) is 9.60. The molecule has 0 aromatic heterocycles. The van der Waals surface area contributed by atoms with Gasteiger partial charge in [-0.2, -0.15) is 13.2 Å². The standard InChI is InChI=1S/C20H29F3N2O.ClH/c1-15-5-7-17(8-6-15)9-11-25(14-20(21,22)23)19(26)12-16(2)18-4-3-10-24-13-18;/h5-8,16,18,24H,3-4,9-14H2,1-2H3;1H. The third-order valence-electron chi connectivity index (χ3n) is 5.15. The van der Waals surface area contributed by atoms with Gasteiger partial charge in [0.15, 0.2) is 0 Å². The van der Waals surface area contributed by atoms with E-state index in [1.807, 2.05) is 38.1 Å². The van der Waals surface area contributed by atoms with Crippen molar-refractivity contribution in [3.05, 3.63) is 35.4 Å². The normalized spacial score (nSPS) is 18.5. The van der Waals surface area contributed by atoms with Gasteiger partial charge in [-0.25, -0.2) is 0 Å². The van der Waals surface area contributed by atoms with Crippen LogP contribution >= 0.6 is 12.4 Å². The zero-order chi connectivity index (χ0) is 19.2. The van der Waals surface area contributed by atoms with Crippen LogP contribution in [-0.4, -0.2) is 43.2 Å². The van der Waals surface area contributed by atoms with Gasteiger partial charge < -0.3 is 10.2 Å². The SMILES string of the molecule is Cc1ccc(CCN(CC(F)(F)F)C(=O)CC(C)C2CCCNC2)cc1.Cl. The first kappa shape index (κ1) is 23.8. The third-order valence-corrected chi connectivity index (χ3v) is 5.15. The molecule has 2 unspecified atom stereocenters. The zero-order valence-corrected chi connectivity index (χ0v) is 16.8. The van der Waals surface area contributed by atoms with Crippen molar-refractivity contribution in [1.82, 2.24) is 10.2 Å². The van der Waals surface area contributed by atoms with Gasteiger partial charge in [-0.1, -0.05) is 36.8 Å². The number of amides is 1. The van der Waals surface area contributed by atoms with E-state index >= 15 is 0 Å². The summed E-state index contributed by atoms with van der Waals surface area (Å²) in [7, 11) is 0. The third kappa shape index (κ3) is 8.52. The van der Waals surface area contributed by atoms with E-state index in [-0.39, 0.29) is 31.3 Å². The highest BCUT2D eigenvalue weighted by Gasteiger charge is 2.33. The van der Waals surface area contributed by atoms with E-state index < -0.39 is 18.6 Å². The van der Waals surface area contributed by atoms with Crippen LogP contribution in [0.3, 0.4) is 0 Å². The molecule has 1 aromatic carbocycles. The Labute approximate surface area is 166 Å². The van der Waals surface area contributed by atoms with Crippen molar-refractivity contribution >= 4 is 18.3 Å². The Morgan fingerprint density at radius 2 is 1.96 bits per heavy atom. The largest absolute Gasteiger partial charge is 0.406 e. The number of piperidine rings is 1. The molecule has 2 atom stereocenters. The second-order valence-electron chi connectivity index (χ2n) is 7.45. The first-order chi connectivity index (χ1) is 12.2. The zero-order valence-electron chi connectivity index (χ0n) is 16.0. The quantitative estimate of drug-likeness (QED) is 0.729. The molecule has 0 aliphatic carbocycles. The van der Waals surface area contributed by atoms with E-state index in [2.05, 4.69) is 5.32 Å². The summed E-state index contributed by atoms with van der Waals surface area (Å²) >= 11 is 0. The lowest BCUT2D eigenvalue weighted by Gasteiger charge is -2.30. The van der Waals surface area contributed by atoms with Crippen molar-refractivity contribution < 1.29 is 18.0 Å². The van der Waals surface area contributed by atoms with Gasteiger partial charge in [0, 0.05) is 13.0 Å². The molecule has 3 nitrogen and oxygen atoms in total. The average molecular weight is 407 g/mol. The first-order valence-corrected chi connectivity index (χ1v) is 9.35. The fourth-order valence-electron chi connectivity index (χ4n) is 3.46. The molecule has 1 saturated heterocycles. The summed E-state index contributed by atoms with van der Waals surface area (Å²) in [5.74, 6) is 0.0513. The lowest BCUT2D eigenvalue weighted by Crippen LogP contribution is -2.42. The molecule has 1 N–H and O–H groups in total. The van der Waals surface area contributed by atoms with Crippen LogP contribution in [0.4, 0.5) is 13.2 Å². The number of benzene rings is 1. The second-order valence-corrected chi connectivity index (χ2v) is 7.45. The summed E-state index contributed by atoms with van der Waals surface area (Å²) in [5, 5.41) is 3.30. The number of carbonyl (C=O) groups is 1. The fourth-order valence-corrected chi connectivity index (χ4v) is 3.46. The van der Waals surface area contributed by atoms with Crippen molar-refractivity contribution in [3.63, 3.8) is 0 Å². The summed E-state index contributed by atoms with van der Waals surface area (Å²) in [6, 6.07) is 7.68. The fraction of sp³-hybridized carbons (Fsp3) is 0.650. The van der Waals surface area contributed by atoms with Crippen LogP contribution in [0.2, 0.25) is 0 Å². The molecule has 1 aliphatic rings. The first-order valence-electron chi connectivity index (χ1n) is 9.35. The van der Waals surface area contributed by atoms with Crippen LogP contribution in [0.25, 0.3) is 0 Å². The summed E-state index contributed by atoms with van der Waals surface area (Å²) < 4.78 is 38.8. The molecular formula is C20H30ClF3N2O. The number of nitrogens with one attached hydrogen (secondary N) is 1. The van der Waals surface area contributed by atoms with E-state index in [1.54, 1.807) is 0 Å². The highest BCUT2D eigenvalue weighted by Crippen LogP contribution is 2.24. The summed E-state index contributed by atoms with van der Waals surface area (Å²) in [4.78, 5) is 13.5. The van der Waals surface area contributed by atoms with Gasteiger partial charge in [0.25, 0.3) is 0 Å². The van der Waals surface area contributed by atoms with E-state index in [4.69, 9.17) is 0 Å². The minimum Gasteiger partial charge on any atom is -0.333 e. The molecular weight excluding hydrogens is 377 g/mol. The van der Waals surface area contributed by atoms with E-state index in [9.17, 15) is 18.0 Å². The topological polar surface area (TPSA) is 32.3 Å². The number of rotatable bonds is 7. The van der Waals surface area contributed by atoms with Gasteiger partial charge in [0.2, 0.25) is 5.91 Å². The lowest BCUT2D eigenvalue weighted by atomic mass is 9.85. The molecule has 27 heavy (non-hydrogen) atoms. The molecule has 1 aliphatic heterocycles. The van der Waals surface area contributed by atoms with Gasteiger partial charge in [0.1, 0.15) is 6.54 Å². The molecule has 1 heterocycles. The Hall–Kier alpha value is -1.27. The Balaban J connectivity index is 0.00000364. The minimum absolute atomic E-state index is 0. The van der Waals surface area contributed by atoms with Crippen molar-refractivity contribution in [3.8, 4) is 0 Å². The smallest absolute Gasteiger partial charge is 0.333 e. The number of carbonyl (C=O) groups excluding carboxylic acids is 1. The van der Waals surface area contributed by atoms with E-state index in [1.165, 1.54) is 0 Å². The van der Waals surface area contributed by atoms with Crippen molar-refractivity contribution in [1.29, 1.82) is 0 Å². The molecule has 0 radical (unpaired) electrons. The van der Waals surface area contributed by atoms with Gasteiger partial charge >= 0.3 is 6.18 Å². The van der Waals surface area contributed by atoms with Gasteiger partial charge in [-0.15, -0.1) is 12.4 Å². The van der Waals surface area contributed by atoms with Crippen LogP contribution in [0.1, 0.15) is 37.3 Å². The predicted octanol–water partition coefficient (Wildman–Crippen LogP) is 4.38. The second kappa shape index (κ2) is 10.9. The van der Waals surface area contributed by atoms with Gasteiger partial charge in [-0.05, 0) is 56.7 Å². The molecule has 0 spiro atoms. The monoisotopic (exact) mass is 406 g/mol. The van der Waals surface area contributed by atoms with E-state index in [0.717, 1.165) is 42.0 Å². The highest BCUT2D eigenvalue weighted by molar-refractivity contribution is 5.85. The number of aryl methyl sites for hydroxylation is 1. The number of halogens is 4. The van der Waals surface area contributed by atoms with Crippen LogP contribution in [0.5, 0.6) is 0 Å². The van der Waals surface area contributed by atoms with Crippen molar-refractivity contribution in [2.45, 2.75) is 45.7 Å². The number of hydrogen-bond acceptors (Lipinski definition) is 2. The Bertz CT molecular complexity index is 572. The van der Waals surface area contributed by atoms with Crippen LogP contribution in [0.15, 0.2) is 24.3 Å². The summed E-state index contributed by atoms with van der Waals surface area (Å²) in [6.07, 6.45) is -1.68. The molecule has 0 bridgehead atoms. The molecule has 7 heteroatoms. The minimum atomic E-state index is -4.38. The molecule has 1 fully saturated rings. The average Bonchev–Trinajstić information content (AvgIpc) is 2.59. The van der Waals surface area contributed by atoms with Gasteiger partial charge in [-0.3, -0.25) is 4.79 Å². The summed E-state index contributed by atoms with van der Waals surface area (Å²) in [5.41, 5.74) is 2.05. The molecule has 2 rings (SSSR count). The maximum Gasteiger partial charge on any atom is 0.406 e. The Morgan fingerprint density at radius 1 is 1.30 bits per heavy atom. The molecule has 0 saturated carbocycles. The number of hydrogen-bond donors (Lipinski definition) is 1.